The molecule has 0 saturated carbocycles. The van der Waals surface area contributed by atoms with E-state index in [2.05, 4.69) is 20.1 Å². The second-order valence-electron chi connectivity index (χ2n) is 6.22. The summed E-state index contributed by atoms with van der Waals surface area (Å²) in [5.41, 5.74) is 7.46. The van der Waals surface area contributed by atoms with Gasteiger partial charge in [-0.2, -0.15) is 0 Å². The molecule has 1 fully saturated rings. The molecule has 1 aliphatic rings. The van der Waals surface area contributed by atoms with Crippen LogP contribution in [0.2, 0.25) is 0 Å². The van der Waals surface area contributed by atoms with Crippen LogP contribution in [0.25, 0.3) is 0 Å². The number of hydrogen-bond acceptors (Lipinski definition) is 5. The smallest absolute Gasteiger partial charge is 0.225 e. The summed E-state index contributed by atoms with van der Waals surface area (Å²) >= 11 is 0. The Morgan fingerprint density at radius 3 is 2.33 bits per heavy atom. The molecule has 0 atom stereocenters. The maximum Gasteiger partial charge on any atom is 0.225 e. The van der Waals surface area contributed by atoms with Crippen LogP contribution in [0.3, 0.4) is 0 Å². The van der Waals surface area contributed by atoms with E-state index in [0.717, 1.165) is 49.8 Å². The lowest BCUT2D eigenvalue weighted by Gasteiger charge is -2.35. The lowest BCUT2D eigenvalue weighted by atomic mass is 10.2. The summed E-state index contributed by atoms with van der Waals surface area (Å²) in [6, 6.07) is 13.6. The van der Waals surface area contributed by atoms with E-state index in [1.165, 1.54) is 0 Å². The first-order valence-corrected chi connectivity index (χ1v) is 8.72. The molecule has 0 bridgehead atoms. The third kappa shape index (κ3) is 6.99. The Labute approximate surface area is 172 Å². The second kappa shape index (κ2) is 11.8. The Morgan fingerprint density at radius 2 is 1.74 bits per heavy atom. The number of benzene rings is 1. The highest BCUT2D eigenvalue weighted by atomic mass is 35.5. The van der Waals surface area contributed by atoms with Crippen LogP contribution >= 0.6 is 24.8 Å². The highest BCUT2D eigenvalue weighted by molar-refractivity contribution is 5.90. The summed E-state index contributed by atoms with van der Waals surface area (Å²) in [6.07, 6.45) is 2.33. The first-order chi connectivity index (χ1) is 12.2. The van der Waals surface area contributed by atoms with Crippen LogP contribution < -0.4 is 16.0 Å². The number of amides is 1. The molecule has 1 aliphatic heterocycles. The third-order valence-corrected chi connectivity index (χ3v) is 4.47. The molecule has 6 nitrogen and oxygen atoms in total. The fourth-order valence-corrected chi connectivity index (χ4v) is 2.95. The molecular formula is C19H27Cl2N5O. The van der Waals surface area contributed by atoms with E-state index in [4.69, 9.17) is 5.73 Å². The topological polar surface area (TPSA) is 74.5 Å². The monoisotopic (exact) mass is 411 g/mol. The van der Waals surface area contributed by atoms with Crippen molar-refractivity contribution >= 4 is 42.2 Å². The fraction of sp³-hybridized carbons (Fsp3) is 0.368. The number of nitrogens with zero attached hydrogens (tertiary/aromatic N) is 3. The Balaban J connectivity index is 0.00000182. The molecule has 148 valence electrons. The van der Waals surface area contributed by atoms with Crippen molar-refractivity contribution in [1.29, 1.82) is 0 Å². The molecular weight excluding hydrogens is 385 g/mol. The standard InChI is InChI=1S/C19H25N5O.2ClH/c20-15-16-4-6-17(7-5-16)22-19(25)8-10-23-11-13-24(14-12-23)18-3-1-2-9-21-18;;/h1-7,9H,8,10-15,20H2,(H,22,25);2*1H. The molecule has 8 heteroatoms. The first kappa shape index (κ1) is 23.2. The van der Waals surface area contributed by atoms with Crippen LogP contribution in [0.5, 0.6) is 0 Å². The van der Waals surface area contributed by atoms with Crippen molar-refractivity contribution in [2.45, 2.75) is 13.0 Å². The van der Waals surface area contributed by atoms with E-state index in [-0.39, 0.29) is 30.7 Å². The molecule has 2 heterocycles. The van der Waals surface area contributed by atoms with E-state index in [0.29, 0.717) is 13.0 Å². The number of hydrogen-bond donors (Lipinski definition) is 2. The Hall–Kier alpha value is -1.86. The Kier molecular flexibility index (Phi) is 10.1. The van der Waals surface area contributed by atoms with Gasteiger partial charge in [-0.15, -0.1) is 24.8 Å². The van der Waals surface area contributed by atoms with Crippen LogP contribution in [-0.4, -0.2) is 48.5 Å². The van der Waals surface area contributed by atoms with Crippen LogP contribution in [0.4, 0.5) is 11.5 Å². The summed E-state index contributed by atoms with van der Waals surface area (Å²) in [7, 11) is 0. The highest BCUT2D eigenvalue weighted by Crippen LogP contribution is 2.13. The predicted octanol–water partition coefficient (Wildman–Crippen LogP) is 2.53. The number of nitrogens with one attached hydrogen (secondary N) is 1. The first-order valence-electron chi connectivity index (χ1n) is 8.72. The van der Waals surface area contributed by atoms with Gasteiger partial charge in [-0.3, -0.25) is 9.69 Å². The van der Waals surface area contributed by atoms with Crippen molar-refractivity contribution in [1.82, 2.24) is 9.88 Å². The van der Waals surface area contributed by atoms with Crippen LogP contribution in [0.15, 0.2) is 48.7 Å². The fourth-order valence-electron chi connectivity index (χ4n) is 2.95. The SMILES string of the molecule is Cl.Cl.NCc1ccc(NC(=O)CCN2CCN(c3ccccn3)CC2)cc1. The van der Waals surface area contributed by atoms with Gasteiger partial charge in [0.25, 0.3) is 0 Å². The average molecular weight is 412 g/mol. The molecule has 2 aromatic rings. The third-order valence-electron chi connectivity index (χ3n) is 4.47. The van der Waals surface area contributed by atoms with Crippen molar-refractivity contribution in [3.05, 3.63) is 54.2 Å². The van der Waals surface area contributed by atoms with Gasteiger partial charge in [0.1, 0.15) is 5.82 Å². The minimum atomic E-state index is 0. The lowest BCUT2D eigenvalue weighted by Crippen LogP contribution is -2.47. The van der Waals surface area contributed by atoms with Crippen molar-refractivity contribution in [2.24, 2.45) is 5.73 Å². The zero-order chi connectivity index (χ0) is 17.5. The molecule has 0 aliphatic carbocycles. The highest BCUT2D eigenvalue weighted by Gasteiger charge is 2.18. The van der Waals surface area contributed by atoms with Crippen molar-refractivity contribution in [3.63, 3.8) is 0 Å². The summed E-state index contributed by atoms with van der Waals surface area (Å²) in [6.45, 7) is 5.09. The van der Waals surface area contributed by atoms with Crippen molar-refractivity contribution < 1.29 is 4.79 Å². The number of carbonyl (C=O) groups is 1. The average Bonchev–Trinajstić information content (AvgIpc) is 2.68. The molecule has 3 N–H and O–H groups in total. The molecule has 0 spiro atoms. The van der Waals surface area contributed by atoms with Gasteiger partial charge in [0, 0.05) is 57.6 Å². The Bertz CT molecular complexity index is 676. The van der Waals surface area contributed by atoms with Gasteiger partial charge >= 0.3 is 0 Å². The number of nitrogens with two attached hydrogens (primary N) is 1. The number of aromatic nitrogens is 1. The van der Waals surface area contributed by atoms with Crippen molar-refractivity contribution in [2.75, 3.05) is 42.9 Å². The zero-order valence-corrected chi connectivity index (χ0v) is 16.8. The second-order valence-corrected chi connectivity index (χ2v) is 6.22. The number of rotatable bonds is 6. The van der Waals surface area contributed by atoms with Gasteiger partial charge in [-0.05, 0) is 29.8 Å². The molecule has 0 radical (unpaired) electrons. The predicted molar refractivity (Wildman–Crippen MR) is 115 cm³/mol. The quantitative estimate of drug-likeness (QED) is 0.763. The van der Waals surface area contributed by atoms with Crippen LogP contribution in [-0.2, 0) is 11.3 Å². The number of pyridine rings is 1. The maximum absolute atomic E-state index is 12.1. The van der Waals surface area contributed by atoms with E-state index in [1.54, 1.807) is 0 Å². The molecule has 3 rings (SSSR count). The molecule has 1 saturated heterocycles. The van der Waals surface area contributed by atoms with Gasteiger partial charge in [-0.1, -0.05) is 18.2 Å². The largest absolute Gasteiger partial charge is 0.354 e. The van der Waals surface area contributed by atoms with Crippen LogP contribution in [0.1, 0.15) is 12.0 Å². The number of anilines is 2. The number of carbonyl (C=O) groups excluding carboxylic acids is 1. The van der Waals surface area contributed by atoms with Gasteiger partial charge in [0.15, 0.2) is 0 Å². The van der Waals surface area contributed by atoms with E-state index < -0.39 is 0 Å². The van der Waals surface area contributed by atoms with Gasteiger partial charge in [0.2, 0.25) is 5.91 Å². The van der Waals surface area contributed by atoms with Crippen LogP contribution in [0, 0.1) is 0 Å². The summed E-state index contributed by atoms with van der Waals surface area (Å²) in [5, 5.41) is 2.94. The summed E-state index contributed by atoms with van der Waals surface area (Å²) < 4.78 is 0. The molecule has 1 aromatic carbocycles. The molecule has 0 unspecified atom stereocenters. The van der Waals surface area contributed by atoms with Crippen molar-refractivity contribution in [3.8, 4) is 0 Å². The normalized spacial score (nSPS) is 14.0. The maximum atomic E-state index is 12.1. The number of halogens is 2. The summed E-state index contributed by atoms with van der Waals surface area (Å²) in [4.78, 5) is 21.1. The van der Waals surface area contributed by atoms with E-state index in [1.807, 2.05) is 48.7 Å². The molecule has 27 heavy (non-hydrogen) atoms. The van der Waals surface area contributed by atoms with Gasteiger partial charge in [0.05, 0.1) is 0 Å². The van der Waals surface area contributed by atoms with Gasteiger partial charge < -0.3 is 16.0 Å². The summed E-state index contributed by atoms with van der Waals surface area (Å²) in [5.74, 6) is 1.08. The van der Waals surface area contributed by atoms with Gasteiger partial charge in [-0.25, -0.2) is 4.98 Å². The number of piperazine rings is 1. The van der Waals surface area contributed by atoms with E-state index in [9.17, 15) is 4.79 Å². The minimum Gasteiger partial charge on any atom is -0.354 e. The Morgan fingerprint density at radius 1 is 1.04 bits per heavy atom. The molecule has 1 aromatic heterocycles. The zero-order valence-electron chi connectivity index (χ0n) is 15.2. The molecule has 1 amide bonds. The minimum absolute atomic E-state index is 0. The van der Waals surface area contributed by atoms with E-state index >= 15 is 0 Å². The lowest BCUT2D eigenvalue weighted by molar-refractivity contribution is -0.116.